The third kappa shape index (κ3) is 4.73. The molecule has 1 spiro atoms. The highest BCUT2D eigenvalue weighted by Crippen LogP contribution is 2.48. The molecule has 0 amide bonds. The summed E-state index contributed by atoms with van der Waals surface area (Å²) in [5, 5.41) is 13.0. The van der Waals surface area contributed by atoms with E-state index in [2.05, 4.69) is 42.7 Å². The van der Waals surface area contributed by atoms with Crippen LogP contribution in [0.25, 0.3) is 0 Å². The van der Waals surface area contributed by atoms with Crippen LogP contribution in [0.5, 0.6) is 0 Å². The topological polar surface area (TPSA) is 45.1 Å². The maximum absolute atomic E-state index is 13.9. The molecule has 1 saturated heterocycles. The lowest BCUT2D eigenvalue weighted by Gasteiger charge is -2.48. The predicted molar refractivity (Wildman–Crippen MR) is 130 cm³/mol. The van der Waals surface area contributed by atoms with Gasteiger partial charge in [-0.3, -0.25) is 9.89 Å². The van der Waals surface area contributed by atoms with Crippen molar-refractivity contribution in [3.05, 3.63) is 71.6 Å². The van der Waals surface area contributed by atoms with Crippen LogP contribution in [0.3, 0.4) is 0 Å². The van der Waals surface area contributed by atoms with Crippen LogP contribution >= 0.6 is 0 Å². The molecule has 190 valence electrons. The van der Waals surface area contributed by atoms with Gasteiger partial charge in [0, 0.05) is 36.6 Å². The first-order valence-corrected chi connectivity index (χ1v) is 12.2. The molecule has 1 saturated carbocycles. The minimum Gasteiger partial charge on any atom is -0.846 e. The van der Waals surface area contributed by atoms with Crippen LogP contribution in [0.15, 0.2) is 71.0 Å². The standard InChI is InChI=1S/C27H35F3N4O/c1-5-22(18-23(27(28,29)30)20(2)33-16-9-17-33)34-19-25(31-24(34)35)12-14-26(15-13-25,32(3)4)21-10-7-6-8-11-21/h5-8,10-11,18H,1,9,12-17,19H2,2-4H3,(H,31,35)/p-1/b22-18+,23-20-. The number of alkyl halides is 3. The summed E-state index contributed by atoms with van der Waals surface area (Å²) >= 11 is 0. The largest absolute Gasteiger partial charge is 0.846 e. The van der Waals surface area contributed by atoms with Crippen molar-refractivity contribution in [3.63, 3.8) is 0 Å². The normalized spacial score (nSPS) is 28.2. The smallest absolute Gasteiger partial charge is 0.418 e. The molecule has 5 nitrogen and oxygen atoms in total. The number of hydrogen-bond donors (Lipinski definition) is 0. The summed E-state index contributed by atoms with van der Waals surface area (Å²) in [6, 6.07) is 9.83. The van der Waals surface area contributed by atoms with Gasteiger partial charge in [0.1, 0.15) is 0 Å². The minimum atomic E-state index is -4.53. The van der Waals surface area contributed by atoms with Crippen molar-refractivity contribution in [1.29, 1.82) is 0 Å². The first-order chi connectivity index (χ1) is 16.5. The molecule has 1 aromatic carbocycles. The molecule has 8 heteroatoms. The van der Waals surface area contributed by atoms with E-state index < -0.39 is 23.3 Å². The molecule has 0 atom stereocenters. The van der Waals surface area contributed by atoms with Crippen molar-refractivity contribution in [1.82, 2.24) is 14.7 Å². The van der Waals surface area contributed by atoms with Crippen LogP contribution in [0.2, 0.25) is 0 Å². The van der Waals surface area contributed by atoms with Crippen LogP contribution in [0, 0.1) is 0 Å². The summed E-state index contributed by atoms with van der Waals surface area (Å²) in [6.07, 6.45) is 1.72. The van der Waals surface area contributed by atoms with Gasteiger partial charge >= 0.3 is 6.18 Å². The van der Waals surface area contributed by atoms with E-state index in [4.69, 9.17) is 0 Å². The third-order valence-electron chi connectivity index (χ3n) is 8.03. The van der Waals surface area contributed by atoms with E-state index in [1.807, 2.05) is 18.2 Å². The number of allylic oxidation sites excluding steroid dienone is 4. The molecular formula is C27H34F3N4O-. The maximum Gasteiger partial charge on any atom is 0.418 e. The lowest BCUT2D eigenvalue weighted by Crippen LogP contribution is -2.49. The number of benzene rings is 1. The first-order valence-electron chi connectivity index (χ1n) is 12.2. The molecule has 1 aliphatic carbocycles. The highest BCUT2D eigenvalue weighted by molar-refractivity contribution is 5.75. The van der Waals surface area contributed by atoms with E-state index in [1.54, 1.807) is 4.90 Å². The molecule has 2 fully saturated rings. The maximum atomic E-state index is 13.9. The quantitative estimate of drug-likeness (QED) is 0.558. The summed E-state index contributed by atoms with van der Waals surface area (Å²) in [6.45, 7) is 6.70. The number of likely N-dealkylation sites (tertiary alicyclic amines) is 1. The van der Waals surface area contributed by atoms with Crippen molar-refractivity contribution in [2.24, 2.45) is 4.99 Å². The number of nitrogens with zero attached hydrogens (tertiary/aromatic N) is 4. The first kappa shape index (κ1) is 25.4. The Labute approximate surface area is 205 Å². The van der Waals surface area contributed by atoms with Gasteiger partial charge in [-0.1, -0.05) is 36.9 Å². The summed E-state index contributed by atoms with van der Waals surface area (Å²) in [5.41, 5.74) is 0.0699. The Morgan fingerprint density at radius 2 is 1.74 bits per heavy atom. The zero-order valence-corrected chi connectivity index (χ0v) is 20.7. The van der Waals surface area contributed by atoms with Gasteiger partial charge in [0.05, 0.1) is 17.1 Å². The van der Waals surface area contributed by atoms with Gasteiger partial charge in [0.15, 0.2) is 0 Å². The van der Waals surface area contributed by atoms with Gasteiger partial charge in [-0.25, -0.2) is 0 Å². The van der Waals surface area contributed by atoms with Gasteiger partial charge < -0.3 is 14.9 Å². The minimum absolute atomic E-state index is 0.148. The molecule has 0 radical (unpaired) electrons. The van der Waals surface area contributed by atoms with Crippen molar-refractivity contribution in [2.75, 3.05) is 33.7 Å². The molecule has 2 aliphatic heterocycles. The average molecular weight is 488 g/mol. The van der Waals surface area contributed by atoms with Gasteiger partial charge in [0.25, 0.3) is 0 Å². The van der Waals surface area contributed by atoms with Gasteiger partial charge in [0.2, 0.25) is 0 Å². The van der Waals surface area contributed by atoms with E-state index in [0.29, 0.717) is 25.9 Å². The number of rotatable bonds is 6. The SMILES string of the molecule is C=C/C(=C\C(=C(/C)N1CCC1)C(F)(F)F)N1CC2(CCC(c3ccccc3)(N(C)C)CC2)N=C1[O-]. The summed E-state index contributed by atoms with van der Waals surface area (Å²) in [4.78, 5) is 9.81. The van der Waals surface area contributed by atoms with Crippen LogP contribution < -0.4 is 5.11 Å². The van der Waals surface area contributed by atoms with E-state index in [1.165, 1.54) is 23.5 Å². The number of aliphatic imine (C=N–C) groups is 1. The molecule has 0 aromatic heterocycles. The Morgan fingerprint density at radius 1 is 1.11 bits per heavy atom. The second-order valence-electron chi connectivity index (χ2n) is 10.1. The number of amidine groups is 1. The van der Waals surface area contributed by atoms with Crippen molar-refractivity contribution < 1.29 is 18.3 Å². The van der Waals surface area contributed by atoms with E-state index >= 15 is 0 Å². The Kier molecular flexibility index (Phi) is 6.79. The zero-order valence-electron chi connectivity index (χ0n) is 20.7. The average Bonchev–Trinajstić information content (AvgIpc) is 3.09. The van der Waals surface area contributed by atoms with Crippen LogP contribution in [-0.2, 0) is 5.54 Å². The summed E-state index contributed by atoms with van der Waals surface area (Å²) < 4.78 is 41.8. The lowest BCUT2D eigenvalue weighted by molar-refractivity contribution is -0.230. The fourth-order valence-corrected chi connectivity index (χ4v) is 5.61. The van der Waals surface area contributed by atoms with Crippen LogP contribution in [0.4, 0.5) is 13.2 Å². The Morgan fingerprint density at radius 3 is 2.23 bits per heavy atom. The predicted octanol–water partition coefficient (Wildman–Crippen LogP) is 4.40. The third-order valence-corrected chi connectivity index (χ3v) is 8.03. The molecule has 1 aromatic rings. The lowest BCUT2D eigenvalue weighted by atomic mass is 9.69. The van der Waals surface area contributed by atoms with Crippen LogP contribution in [0.1, 0.15) is 44.6 Å². The zero-order chi connectivity index (χ0) is 25.4. The van der Waals surface area contributed by atoms with Gasteiger partial charge in [-0.15, -0.1) is 0 Å². The second-order valence-corrected chi connectivity index (χ2v) is 10.1. The fraction of sp³-hybridized carbons (Fsp3) is 0.519. The Balaban J connectivity index is 1.58. The molecular weight excluding hydrogens is 453 g/mol. The van der Waals surface area contributed by atoms with Crippen molar-refractivity contribution in [3.8, 4) is 0 Å². The van der Waals surface area contributed by atoms with E-state index in [0.717, 1.165) is 25.3 Å². The van der Waals surface area contributed by atoms with Gasteiger partial charge in [-0.05, 0) is 70.8 Å². The summed E-state index contributed by atoms with van der Waals surface area (Å²) in [5.74, 6) is 0. The Hall–Kier alpha value is -2.74. The van der Waals surface area contributed by atoms with E-state index in [-0.39, 0.29) is 23.5 Å². The summed E-state index contributed by atoms with van der Waals surface area (Å²) in [7, 11) is 4.14. The molecule has 3 aliphatic rings. The molecule has 0 unspecified atom stereocenters. The van der Waals surface area contributed by atoms with Gasteiger partial charge in [-0.2, -0.15) is 13.2 Å². The molecule has 35 heavy (non-hydrogen) atoms. The number of halogens is 3. The molecule has 0 bridgehead atoms. The highest BCUT2D eigenvalue weighted by atomic mass is 19.4. The van der Waals surface area contributed by atoms with Crippen molar-refractivity contribution in [2.45, 2.75) is 56.3 Å². The molecule has 0 N–H and O–H groups in total. The monoisotopic (exact) mass is 487 g/mol. The molecule has 2 heterocycles. The fourth-order valence-electron chi connectivity index (χ4n) is 5.61. The van der Waals surface area contributed by atoms with Crippen LogP contribution in [-0.4, -0.2) is 66.2 Å². The second kappa shape index (κ2) is 9.37. The molecule has 4 rings (SSSR count). The van der Waals surface area contributed by atoms with Crippen molar-refractivity contribution >= 4 is 6.02 Å². The highest BCUT2D eigenvalue weighted by Gasteiger charge is 2.48. The van der Waals surface area contributed by atoms with E-state index in [9.17, 15) is 18.3 Å². The number of hydrogen-bond acceptors (Lipinski definition) is 5. The Bertz CT molecular complexity index is 1030.